The minimum atomic E-state index is 0.720. The molecule has 2 aromatic rings. The molecule has 5 nitrogen and oxygen atoms in total. The molecule has 17 heavy (non-hydrogen) atoms. The second-order valence-corrected chi connectivity index (χ2v) is 3.94. The summed E-state index contributed by atoms with van der Waals surface area (Å²) in [6.07, 6.45) is 1.59. The minimum absolute atomic E-state index is 0.720. The highest BCUT2D eigenvalue weighted by atomic mass is 15.3. The van der Waals surface area contributed by atoms with E-state index in [9.17, 15) is 0 Å². The summed E-state index contributed by atoms with van der Waals surface area (Å²) in [6, 6.07) is 7.81. The first-order valence-corrected chi connectivity index (χ1v) is 5.64. The highest BCUT2D eigenvalue weighted by molar-refractivity contribution is 5.55. The van der Waals surface area contributed by atoms with Crippen molar-refractivity contribution < 1.29 is 0 Å². The Morgan fingerprint density at radius 3 is 2.94 bits per heavy atom. The number of aromatic nitrogens is 3. The van der Waals surface area contributed by atoms with Gasteiger partial charge in [-0.25, -0.2) is 9.67 Å². The molecule has 0 atom stereocenters. The molecule has 0 radical (unpaired) electrons. The third kappa shape index (κ3) is 2.55. The molecule has 0 unspecified atom stereocenters. The van der Waals surface area contributed by atoms with Crippen LogP contribution in [0.5, 0.6) is 0 Å². The van der Waals surface area contributed by atoms with Crippen molar-refractivity contribution in [2.45, 2.75) is 20.0 Å². The maximum Gasteiger partial charge on any atom is 0.146 e. The van der Waals surface area contributed by atoms with E-state index >= 15 is 0 Å². The highest BCUT2D eigenvalue weighted by Crippen LogP contribution is 2.17. The van der Waals surface area contributed by atoms with Gasteiger partial charge in [0.05, 0.1) is 6.54 Å². The van der Waals surface area contributed by atoms with Gasteiger partial charge in [-0.3, -0.25) is 0 Å². The van der Waals surface area contributed by atoms with E-state index in [4.69, 9.17) is 5.73 Å². The number of aryl methyl sites for hydroxylation is 1. The third-order valence-electron chi connectivity index (χ3n) is 2.68. The molecule has 0 saturated heterocycles. The number of hydrogen-bond donors (Lipinski definition) is 1. The van der Waals surface area contributed by atoms with Crippen molar-refractivity contribution in [3.05, 3.63) is 36.4 Å². The van der Waals surface area contributed by atoms with Crippen molar-refractivity contribution in [1.29, 1.82) is 0 Å². The number of anilines is 2. The minimum Gasteiger partial charge on any atom is -0.399 e. The Bertz CT molecular complexity index is 491. The summed E-state index contributed by atoms with van der Waals surface area (Å²) in [7, 11) is 2.02. The zero-order valence-electron chi connectivity index (χ0n) is 10.2. The van der Waals surface area contributed by atoms with Gasteiger partial charge < -0.3 is 10.6 Å². The molecule has 0 aliphatic rings. The van der Waals surface area contributed by atoms with Gasteiger partial charge in [0.1, 0.15) is 12.2 Å². The number of rotatable bonds is 4. The molecule has 90 valence electrons. The van der Waals surface area contributed by atoms with Crippen molar-refractivity contribution >= 4 is 11.4 Å². The number of nitrogen functional groups attached to an aromatic ring is 1. The predicted octanol–water partition coefficient (Wildman–Crippen LogP) is 1.52. The lowest BCUT2D eigenvalue weighted by Gasteiger charge is -2.19. The van der Waals surface area contributed by atoms with Crippen LogP contribution in [0.15, 0.2) is 30.6 Å². The molecule has 0 aliphatic carbocycles. The summed E-state index contributed by atoms with van der Waals surface area (Å²) in [4.78, 5) is 6.36. The molecule has 0 bridgehead atoms. The largest absolute Gasteiger partial charge is 0.399 e. The van der Waals surface area contributed by atoms with Crippen LogP contribution >= 0.6 is 0 Å². The Labute approximate surface area is 101 Å². The normalized spacial score (nSPS) is 10.5. The van der Waals surface area contributed by atoms with Gasteiger partial charge in [-0.05, 0) is 25.1 Å². The van der Waals surface area contributed by atoms with Gasteiger partial charge in [0.2, 0.25) is 0 Å². The zero-order valence-corrected chi connectivity index (χ0v) is 10.2. The zero-order chi connectivity index (χ0) is 12.3. The summed E-state index contributed by atoms with van der Waals surface area (Å²) in [5, 5.41) is 4.15. The lowest BCUT2D eigenvalue weighted by Crippen LogP contribution is -2.20. The Kier molecular flexibility index (Phi) is 3.27. The van der Waals surface area contributed by atoms with Crippen molar-refractivity contribution in [2.24, 2.45) is 0 Å². The van der Waals surface area contributed by atoms with Crippen molar-refractivity contribution in [3.8, 4) is 0 Å². The molecular formula is C12H17N5. The van der Waals surface area contributed by atoms with Crippen molar-refractivity contribution in [3.63, 3.8) is 0 Å². The summed E-state index contributed by atoms with van der Waals surface area (Å²) >= 11 is 0. The summed E-state index contributed by atoms with van der Waals surface area (Å²) in [5.74, 6) is 0.956. The van der Waals surface area contributed by atoms with Crippen LogP contribution in [0.25, 0.3) is 0 Å². The van der Waals surface area contributed by atoms with Crippen molar-refractivity contribution in [1.82, 2.24) is 14.8 Å². The van der Waals surface area contributed by atoms with E-state index in [1.54, 1.807) is 6.33 Å². The fourth-order valence-corrected chi connectivity index (χ4v) is 1.74. The van der Waals surface area contributed by atoms with E-state index in [2.05, 4.69) is 21.9 Å². The number of benzene rings is 1. The van der Waals surface area contributed by atoms with Gasteiger partial charge in [-0.1, -0.05) is 6.07 Å². The van der Waals surface area contributed by atoms with Gasteiger partial charge in [-0.2, -0.15) is 5.10 Å². The maximum absolute atomic E-state index is 5.77. The average molecular weight is 231 g/mol. The Hall–Kier alpha value is -2.04. The van der Waals surface area contributed by atoms with Crippen LogP contribution in [0.4, 0.5) is 11.4 Å². The number of nitrogens with two attached hydrogens (primary N) is 1. The van der Waals surface area contributed by atoms with E-state index in [1.165, 1.54) is 0 Å². The van der Waals surface area contributed by atoms with Crippen LogP contribution in [0.3, 0.4) is 0 Å². The Morgan fingerprint density at radius 1 is 1.41 bits per heavy atom. The predicted molar refractivity (Wildman–Crippen MR) is 68.7 cm³/mol. The molecule has 2 N–H and O–H groups in total. The van der Waals surface area contributed by atoms with E-state index in [-0.39, 0.29) is 0 Å². The van der Waals surface area contributed by atoms with Crippen LogP contribution < -0.4 is 10.6 Å². The molecular weight excluding hydrogens is 214 g/mol. The fourth-order valence-electron chi connectivity index (χ4n) is 1.74. The standard InChI is InChI=1S/C12H17N5/c1-3-17-12(14-9-15-17)8-16(2)11-6-4-5-10(13)7-11/h4-7,9H,3,8,13H2,1-2H3. The average Bonchev–Trinajstić information content (AvgIpc) is 2.76. The monoisotopic (exact) mass is 231 g/mol. The SMILES string of the molecule is CCn1ncnc1CN(C)c1cccc(N)c1. The van der Waals surface area contributed by atoms with Gasteiger partial charge in [0.25, 0.3) is 0 Å². The molecule has 5 heteroatoms. The lowest BCUT2D eigenvalue weighted by molar-refractivity contribution is 0.610. The topological polar surface area (TPSA) is 60.0 Å². The van der Waals surface area contributed by atoms with Crippen LogP contribution in [0, 0.1) is 0 Å². The summed E-state index contributed by atoms with van der Waals surface area (Å²) in [5.41, 5.74) is 7.62. The fraction of sp³-hybridized carbons (Fsp3) is 0.333. The maximum atomic E-state index is 5.77. The van der Waals surface area contributed by atoms with Gasteiger partial charge in [-0.15, -0.1) is 0 Å². The van der Waals surface area contributed by atoms with Crippen LogP contribution in [-0.2, 0) is 13.1 Å². The molecule has 1 aromatic carbocycles. The first-order chi connectivity index (χ1) is 8.20. The van der Waals surface area contributed by atoms with E-state index < -0.39 is 0 Å². The quantitative estimate of drug-likeness (QED) is 0.810. The van der Waals surface area contributed by atoms with Gasteiger partial charge in [0, 0.05) is 25.0 Å². The Morgan fingerprint density at radius 2 is 2.24 bits per heavy atom. The van der Waals surface area contributed by atoms with Gasteiger partial charge >= 0.3 is 0 Å². The lowest BCUT2D eigenvalue weighted by atomic mass is 10.2. The second kappa shape index (κ2) is 4.86. The highest BCUT2D eigenvalue weighted by Gasteiger charge is 2.07. The molecule has 0 saturated carbocycles. The molecule has 0 fully saturated rings. The van der Waals surface area contributed by atoms with E-state index in [0.717, 1.165) is 30.3 Å². The van der Waals surface area contributed by atoms with Crippen LogP contribution in [0.1, 0.15) is 12.7 Å². The van der Waals surface area contributed by atoms with Crippen molar-refractivity contribution in [2.75, 3.05) is 17.7 Å². The van der Waals surface area contributed by atoms with Crippen LogP contribution in [-0.4, -0.2) is 21.8 Å². The van der Waals surface area contributed by atoms with E-state index in [1.807, 2.05) is 36.0 Å². The molecule has 1 heterocycles. The first kappa shape index (κ1) is 11.4. The smallest absolute Gasteiger partial charge is 0.146 e. The molecule has 0 spiro atoms. The first-order valence-electron chi connectivity index (χ1n) is 5.64. The molecule has 0 aliphatic heterocycles. The second-order valence-electron chi connectivity index (χ2n) is 3.94. The van der Waals surface area contributed by atoms with Gasteiger partial charge in [0.15, 0.2) is 0 Å². The number of hydrogen-bond acceptors (Lipinski definition) is 4. The number of nitrogens with zero attached hydrogens (tertiary/aromatic N) is 4. The van der Waals surface area contributed by atoms with Crippen LogP contribution in [0.2, 0.25) is 0 Å². The molecule has 2 rings (SSSR count). The molecule has 0 amide bonds. The summed E-state index contributed by atoms with van der Waals surface area (Å²) < 4.78 is 1.89. The van der Waals surface area contributed by atoms with E-state index in [0.29, 0.717) is 0 Å². The summed E-state index contributed by atoms with van der Waals surface area (Å²) in [6.45, 7) is 3.61. The third-order valence-corrected chi connectivity index (χ3v) is 2.68. The molecule has 1 aromatic heterocycles. The Balaban J connectivity index is 2.14.